The molecule has 0 spiro atoms. The molecule has 112 valence electrons. The van der Waals surface area contributed by atoms with E-state index in [1.54, 1.807) is 6.08 Å². The number of rotatable bonds is 2. The monoisotopic (exact) mass is 303 g/mol. The number of carbonyl (C=O) groups excluding carboxylic acids is 1. The first-order chi connectivity index (χ1) is 11.3. The van der Waals surface area contributed by atoms with Gasteiger partial charge in [0.2, 0.25) is 5.90 Å². The molecular formula is C19H13NO3. The van der Waals surface area contributed by atoms with E-state index in [0.29, 0.717) is 12.5 Å². The first-order valence-electron chi connectivity index (χ1n) is 7.30. The number of cyclic esters (lactones) is 1. The number of aliphatic imine (C=N–C) groups is 1. The highest BCUT2D eigenvalue weighted by atomic mass is 16.6. The maximum Gasteiger partial charge on any atom is 0.363 e. The van der Waals surface area contributed by atoms with E-state index in [1.165, 1.54) is 0 Å². The predicted octanol–water partition coefficient (Wildman–Crippen LogP) is 3.35. The molecule has 23 heavy (non-hydrogen) atoms. The van der Waals surface area contributed by atoms with E-state index in [2.05, 4.69) is 4.99 Å². The molecule has 2 aromatic rings. The minimum absolute atomic E-state index is 0.290. The lowest BCUT2D eigenvalue weighted by atomic mass is 10.1. The molecule has 0 fully saturated rings. The number of esters is 1. The van der Waals surface area contributed by atoms with Crippen molar-refractivity contribution in [1.29, 1.82) is 0 Å². The van der Waals surface area contributed by atoms with Crippen LogP contribution >= 0.6 is 0 Å². The Bertz CT molecular complexity index is 863. The van der Waals surface area contributed by atoms with Crippen LogP contribution in [0.2, 0.25) is 0 Å². The summed E-state index contributed by atoms with van der Waals surface area (Å²) in [5.74, 6) is 0.736. The molecule has 0 N–H and O–H groups in total. The summed E-state index contributed by atoms with van der Waals surface area (Å²) in [4.78, 5) is 16.3. The lowest BCUT2D eigenvalue weighted by Crippen LogP contribution is -2.07. The molecule has 0 radical (unpaired) electrons. The Morgan fingerprint density at radius 2 is 1.78 bits per heavy atom. The van der Waals surface area contributed by atoms with Crippen LogP contribution in [0.15, 0.2) is 76.9 Å². The maximum absolute atomic E-state index is 12.0. The summed E-state index contributed by atoms with van der Waals surface area (Å²) < 4.78 is 10.9. The molecule has 0 amide bonds. The Kier molecular flexibility index (Phi) is 3.27. The van der Waals surface area contributed by atoms with Gasteiger partial charge in [0.05, 0.1) is 0 Å². The largest absolute Gasteiger partial charge is 0.488 e. The fourth-order valence-electron chi connectivity index (χ4n) is 2.51. The van der Waals surface area contributed by atoms with Crippen molar-refractivity contribution in [2.24, 2.45) is 4.99 Å². The summed E-state index contributed by atoms with van der Waals surface area (Å²) in [6.07, 6.45) is 3.71. The molecular weight excluding hydrogens is 290 g/mol. The Balaban J connectivity index is 1.66. The predicted molar refractivity (Wildman–Crippen MR) is 87.1 cm³/mol. The molecule has 0 bridgehead atoms. The van der Waals surface area contributed by atoms with Crippen LogP contribution in [0.5, 0.6) is 5.75 Å². The number of para-hydroxylation sites is 1. The van der Waals surface area contributed by atoms with Gasteiger partial charge in [0.25, 0.3) is 0 Å². The van der Waals surface area contributed by atoms with Gasteiger partial charge >= 0.3 is 5.97 Å². The zero-order chi connectivity index (χ0) is 15.6. The quantitative estimate of drug-likeness (QED) is 0.631. The average molecular weight is 303 g/mol. The zero-order valence-corrected chi connectivity index (χ0v) is 12.2. The smallest absolute Gasteiger partial charge is 0.363 e. The van der Waals surface area contributed by atoms with Gasteiger partial charge in [0.15, 0.2) is 5.70 Å². The van der Waals surface area contributed by atoms with E-state index in [-0.39, 0.29) is 5.70 Å². The summed E-state index contributed by atoms with van der Waals surface area (Å²) in [6, 6.07) is 17.1. The number of nitrogens with zero attached hydrogens (tertiary/aromatic N) is 1. The van der Waals surface area contributed by atoms with Crippen LogP contribution in [0.25, 0.3) is 6.08 Å². The lowest BCUT2D eigenvalue weighted by molar-refractivity contribution is -0.130. The highest BCUT2D eigenvalue weighted by Gasteiger charge is 2.24. The second-order valence-corrected chi connectivity index (χ2v) is 5.25. The molecule has 0 saturated carbocycles. The molecule has 2 aliphatic heterocycles. The maximum atomic E-state index is 12.0. The van der Waals surface area contributed by atoms with Crippen molar-refractivity contribution in [2.75, 3.05) is 6.61 Å². The topological polar surface area (TPSA) is 47.9 Å². The third-order valence-electron chi connectivity index (χ3n) is 3.62. The van der Waals surface area contributed by atoms with Gasteiger partial charge < -0.3 is 9.47 Å². The van der Waals surface area contributed by atoms with Crippen molar-refractivity contribution in [3.63, 3.8) is 0 Å². The molecule has 0 aliphatic carbocycles. The molecule has 0 saturated heterocycles. The van der Waals surface area contributed by atoms with Crippen LogP contribution < -0.4 is 4.74 Å². The Hall–Kier alpha value is -3.14. The Morgan fingerprint density at radius 1 is 1.00 bits per heavy atom. The van der Waals surface area contributed by atoms with Gasteiger partial charge in [0.1, 0.15) is 12.4 Å². The highest BCUT2D eigenvalue weighted by molar-refractivity contribution is 6.11. The van der Waals surface area contributed by atoms with E-state index >= 15 is 0 Å². The highest BCUT2D eigenvalue weighted by Crippen LogP contribution is 2.27. The summed E-state index contributed by atoms with van der Waals surface area (Å²) in [6.45, 7) is 0.407. The van der Waals surface area contributed by atoms with Crippen LogP contribution in [0, 0.1) is 0 Å². The molecule has 0 aromatic heterocycles. The number of carbonyl (C=O) groups is 1. The zero-order valence-electron chi connectivity index (χ0n) is 12.2. The Labute approximate surface area is 133 Å². The Morgan fingerprint density at radius 3 is 2.65 bits per heavy atom. The minimum atomic E-state index is -0.441. The van der Waals surface area contributed by atoms with Crippen molar-refractivity contribution in [3.8, 4) is 5.75 Å². The second kappa shape index (κ2) is 5.57. The van der Waals surface area contributed by atoms with Crippen LogP contribution in [-0.4, -0.2) is 18.5 Å². The normalized spacial score (nSPS) is 17.9. The van der Waals surface area contributed by atoms with Crippen molar-refractivity contribution in [1.82, 2.24) is 0 Å². The molecule has 0 unspecified atom stereocenters. The average Bonchev–Trinajstić information content (AvgIpc) is 2.96. The molecule has 0 atom stereocenters. The summed E-state index contributed by atoms with van der Waals surface area (Å²) in [5.41, 5.74) is 2.94. The standard InChI is InChI=1S/C19H13NO3/c21-19-16(20-18(23-19)14-6-2-1-3-7-14)11-13-10-15-8-4-5-9-17(15)22-12-13/h1-11H,12H2. The summed E-state index contributed by atoms with van der Waals surface area (Å²) in [5, 5.41) is 0. The second-order valence-electron chi connectivity index (χ2n) is 5.25. The van der Waals surface area contributed by atoms with Gasteiger partial charge in [-0.3, -0.25) is 0 Å². The van der Waals surface area contributed by atoms with Crippen molar-refractivity contribution in [2.45, 2.75) is 0 Å². The van der Waals surface area contributed by atoms with E-state index in [4.69, 9.17) is 9.47 Å². The summed E-state index contributed by atoms with van der Waals surface area (Å²) in [7, 11) is 0. The van der Waals surface area contributed by atoms with Gasteiger partial charge in [-0.2, -0.15) is 0 Å². The van der Waals surface area contributed by atoms with Gasteiger partial charge in [-0.25, -0.2) is 9.79 Å². The summed E-state index contributed by atoms with van der Waals surface area (Å²) >= 11 is 0. The lowest BCUT2D eigenvalue weighted by Gasteiger charge is -2.15. The van der Waals surface area contributed by atoms with Crippen molar-refractivity contribution < 1.29 is 14.3 Å². The fourth-order valence-corrected chi connectivity index (χ4v) is 2.51. The fraction of sp³-hybridized carbons (Fsp3) is 0.0526. The van der Waals surface area contributed by atoms with Crippen LogP contribution in [0.4, 0.5) is 0 Å². The minimum Gasteiger partial charge on any atom is -0.488 e. The first kappa shape index (κ1) is 13.5. The van der Waals surface area contributed by atoms with Crippen molar-refractivity contribution >= 4 is 17.9 Å². The molecule has 2 aliphatic rings. The number of hydrogen-bond donors (Lipinski definition) is 0. The number of ether oxygens (including phenoxy) is 2. The SMILES string of the molecule is O=C1OC(c2ccccc2)=NC1=CC1=Cc2ccccc2OC1. The first-order valence-corrected chi connectivity index (χ1v) is 7.30. The molecule has 4 heteroatoms. The van der Waals surface area contributed by atoms with Gasteiger partial charge in [0, 0.05) is 11.1 Å². The molecule has 2 aromatic carbocycles. The molecule has 2 heterocycles. The molecule has 4 rings (SSSR count). The van der Waals surface area contributed by atoms with Crippen LogP contribution in [0.1, 0.15) is 11.1 Å². The van der Waals surface area contributed by atoms with Gasteiger partial charge in [-0.1, -0.05) is 36.4 Å². The third-order valence-corrected chi connectivity index (χ3v) is 3.62. The van der Waals surface area contributed by atoms with E-state index in [1.807, 2.05) is 60.7 Å². The number of benzene rings is 2. The number of hydrogen-bond acceptors (Lipinski definition) is 4. The van der Waals surface area contributed by atoms with E-state index < -0.39 is 5.97 Å². The van der Waals surface area contributed by atoms with Gasteiger partial charge in [-0.05, 0) is 35.9 Å². The van der Waals surface area contributed by atoms with Crippen LogP contribution in [-0.2, 0) is 9.53 Å². The molecule has 4 nitrogen and oxygen atoms in total. The van der Waals surface area contributed by atoms with Crippen molar-refractivity contribution in [3.05, 3.63) is 83.1 Å². The third kappa shape index (κ3) is 2.66. The van der Waals surface area contributed by atoms with Gasteiger partial charge in [-0.15, -0.1) is 0 Å². The number of fused-ring (bicyclic) bond motifs is 1. The van der Waals surface area contributed by atoms with E-state index in [9.17, 15) is 4.79 Å². The van der Waals surface area contributed by atoms with E-state index in [0.717, 1.165) is 22.4 Å². The van der Waals surface area contributed by atoms with Crippen LogP contribution in [0.3, 0.4) is 0 Å².